The zero-order chi connectivity index (χ0) is 19.5. The summed E-state index contributed by atoms with van der Waals surface area (Å²) < 4.78 is 10.5. The third kappa shape index (κ3) is 3.98. The van der Waals surface area contributed by atoms with Crippen molar-refractivity contribution in [3.63, 3.8) is 0 Å². The Balaban J connectivity index is 1.43. The minimum Gasteiger partial charge on any atom is -0.461 e. The van der Waals surface area contributed by atoms with Crippen LogP contribution < -0.4 is 0 Å². The second kappa shape index (κ2) is 8.20. The fourth-order valence-electron chi connectivity index (χ4n) is 2.76. The fraction of sp³-hybridized carbons (Fsp3) is 0.263. The number of rotatable bonds is 5. The third-order valence-corrected chi connectivity index (χ3v) is 5.66. The van der Waals surface area contributed by atoms with Gasteiger partial charge in [0.2, 0.25) is 17.6 Å². The van der Waals surface area contributed by atoms with Crippen LogP contribution in [0.4, 0.5) is 5.69 Å². The topological polar surface area (TPSA) is 84.7 Å². The summed E-state index contributed by atoms with van der Waals surface area (Å²) in [4.78, 5) is 23.3. The largest absolute Gasteiger partial charge is 0.461 e. The molecule has 9 heteroatoms. The first-order valence-corrected chi connectivity index (χ1v) is 10.1. The summed E-state index contributed by atoms with van der Waals surface area (Å²) in [7, 11) is 0. The first kappa shape index (κ1) is 18.8. The molecule has 1 fully saturated rings. The van der Waals surface area contributed by atoms with Crippen molar-refractivity contribution in [2.24, 2.45) is 4.99 Å². The lowest BCUT2D eigenvalue weighted by atomic mass is 10.2. The molecule has 1 aromatic carbocycles. The Bertz CT molecular complexity index is 1020. The molecule has 0 aliphatic carbocycles. The Morgan fingerprint density at radius 3 is 3.07 bits per heavy atom. The van der Waals surface area contributed by atoms with Crippen LogP contribution in [0.1, 0.15) is 17.9 Å². The minimum atomic E-state index is -0.0267. The molecular weight excluding hydrogens is 400 g/mol. The highest BCUT2D eigenvalue weighted by atomic mass is 35.5. The Kier molecular flexibility index (Phi) is 5.50. The van der Waals surface area contributed by atoms with Crippen LogP contribution in [0.5, 0.6) is 0 Å². The van der Waals surface area contributed by atoms with Gasteiger partial charge in [0.1, 0.15) is 0 Å². The standard InChI is InChI=1S/C19H17ClN4O3S/c1-12-13(20)4-2-5-14(12)21-19-24(9-11-28-19)17(25)8-7-16-22-18(23-27-16)15-6-3-10-26-15/h2-6,10H,7-9,11H2,1H3. The van der Waals surface area contributed by atoms with Crippen molar-refractivity contribution in [2.45, 2.75) is 19.8 Å². The molecule has 0 unspecified atom stereocenters. The van der Waals surface area contributed by atoms with Crippen LogP contribution in [0.15, 0.2) is 50.5 Å². The predicted molar refractivity (Wildman–Crippen MR) is 108 cm³/mol. The van der Waals surface area contributed by atoms with E-state index in [0.717, 1.165) is 17.0 Å². The van der Waals surface area contributed by atoms with Crippen molar-refractivity contribution in [1.29, 1.82) is 0 Å². The maximum atomic E-state index is 12.7. The van der Waals surface area contributed by atoms with Gasteiger partial charge in [-0.25, -0.2) is 4.99 Å². The number of hydrogen-bond donors (Lipinski definition) is 0. The van der Waals surface area contributed by atoms with Crippen LogP contribution in [0.25, 0.3) is 11.6 Å². The van der Waals surface area contributed by atoms with Gasteiger partial charge < -0.3 is 8.94 Å². The van der Waals surface area contributed by atoms with E-state index in [1.54, 1.807) is 35.1 Å². The first-order chi connectivity index (χ1) is 13.6. The fourth-order valence-corrected chi connectivity index (χ4v) is 3.89. The van der Waals surface area contributed by atoms with Crippen LogP contribution in [0, 0.1) is 6.92 Å². The van der Waals surface area contributed by atoms with E-state index in [9.17, 15) is 4.79 Å². The Morgan fingerprint density at radius 2 is 2.25 bits per heavy atom. The lowest BCUT2D eigenvalue weighted by Gasteiger charge is -2.15. The lowest BCUT2D eigenvalue weighted by Crippen LogP contribution is -2.31. The van der Waals surface area contributed by atoms with Crippen molar-refractivity contribution >= 4 is 40.1 Å². The van der Waals surface area contributed by atoms with E-state index in [1.165, 1.54) is 0 Å². The van der Waals surface area contributed by atoms with Crippen LogP contribution in [0.2, 0.25) is 5.02 Å². The molecule has 0 bridgehead atoms. The van der Waals surface area contributed by atoms with Crippen molar-refractivity contribution in [2.75, 3.05) is 12.3 Å². The molecule has 28 heavy (non-hydrogen) atoms. The number of nitrogens with zero attached hydrogens (tertiary/aromatic N) is 4. The van der Waals surface area contributed by atoms with Gasteiger partial charge in [-0.05, 0) is 36.8 Å². The van der Waals surface area contributed by atoms with Gasteiger partial charge in [0.25, 0.3) is 0 Å². The van der Waals surface area contributed by atoms with E-state index in [2.05, 4.69) is 15.1 Å². The van der Waals surface area contributed by atoms with Crippen LogP contribution in [-0.4, -0.2) is 38.4 Å². The van der Waals surface area contributed by atoms with Crippen LogP contribution in [0.3, 0.4) is 0 Å². The molecule has 0 saturated carbocycles. The summed E-state index contributed by atoms with van der Waals surface area (Å²) in [6.07, 6.45) is 2.16. The van der Waals surface area contributed by atoms with E-state index < -0.39 is 0 Å². The molecule has 1 saturated heterocycles. The van der Waals surface area contributed by atoms with Gasteiger partial charge in [0.05, 0.1) is 12.0 Å². The number of carbonyl (C=O) groups excluding carboxylic acids is 1. The molecule has 1 amide bonds. The van der Waals surface area contributed by atoms with Gasteiger partial charge in [-0.3, -0.25) is 9.69 Å². The third-order valence-electron chi connectivity index (χ3n) is 4.30. The quantitative estimate of drug-likeness (QED) is 0.609. The number of halogens is 1. The number of amides is 1. The Labute approximate surface area is 170 Å². The Hall–Kier alpha value is -2.58. The molecule has 0 atom stereocenters. The number of aromatic nitrogens is 2. The average Bonchev–Trinajstić information content (AvgIpc) is 3.44. The highest BCUT2D eigenvalue weighted by molar-refractivity contribution is 8.14. The second-order valence-corrected chi connectivity index (χ2v) is 7.63. The van der Waals surface area contributed by atoms with Gasteiger partial charge >= 0.3 is 0 Å². The number of benzene rings is 1. The lowest BCUT2D eigenvalue weighted by molar-refractivity contribution is -0.127. The molecular formula is C19H17ClN4O3S. The van der Waals surface area contributed by atoms with Gasteiger partial charge in [0.15, 0.2) is 10.9 Å². The summed E-state index contributed by atoms with van der Waals surface area (Å²) in [6, 6.07) is 9.08. The number of amidine groups is 1. The summed E-state index contributed by atoms with van der Waals surface area (Å²) in [5.41, 5.74) is 1.67. The van der Waals surface area contributed by atoms with Crippen molar-refractivity contribution in [3.05, 3.63) is 53.1 Å². The van der Waals surface area contributed by atoms with Crippen molar-refractivity contribution in [1.82, 2.24) is 15.0 Å². The molecule has 0 spiro atoms. The van der Waals surface area contributed by atoms with Gasteiger partial charge in [-0.15, -0.1) is 0 Å². The van der Waals surface area contributed by atoms with Gasteiger partial charge in [-0.2, -0.15) is 4.98 Å². The maximum absolute atomic E-state index is 12.7. The minimum absolute atomic E-state index is 0.0267. The van der Waals surface area contributed by atoms with E-state index >= 15 is 0 Å². The normalized spacial score (nSPS) is 15.5. The summed E-state index contributed by atoms with van der Waals surface area (Å²) in [6.45, 7) is 2.54. The van der Waals surface area contributed by atoms with Crippen molar-refractivity contribution < 1.29 is 13.7 Å². The van der Waals surface area contributed by atoms with E-state index in [1.807, 2.05) is 25.1 Å². The van der Waals surface area contributed by atoms with Crippen molar-refractivity contribution in [3.8, 4) is 11.6 Å². The molecule has 7 nitrogen and oxygen atoms in total. The molecule has 2 aromatic heterocycles. The SMILES string of the molecule is Cc1c(Cl)cccc1N=C1SCCN1C(=O)CCc1nc(-c2ccco2)no1. The maximum Gasteiger partial charge on any atom is 0.238 e. The number of aliphatic imine (C=N–C) groups is 1. The van der Waals surface area contributed by atoms with E-state index in [0.29, 0.717) is 40.6 Å². The summed E-state index contributed by atoms with van der Waals surface area (Å²) in [5, 5.41) is 5.23. The first-order valence-electron chi connectivity index (χ1n) is 8.75. The summed E-state index contributed by atoms with van der Waals surface area (Å²) in [5.74, 6) is 2.09. The Morgan fingerprint density at radius 1 is 1.36 bits per heavy atom. The predicted octanol–water partition coefficient (Wildman–Crippen LogP) is 4.49. The number of aryl methyl sites for hydroxylation is 1. The molecule has 0 N–H and O–H groups in total. The van der Waals surface area contributed by atoms with E-state index in [4.69, 9.17) is 20.5 Å². The molecule has 4 rings (SSSR count). The van der Waals surface area contributed by atoms with Gasteiger partial charge in [0, 0.05) is 30.2 Å². The number of thioether (sulfide) groups is 1. The molecule has 1 aliphatic heterocycles. The zero-order valence-electron chi connectivity index (χ0n) is 15.1. The average molecular weight is 417 g/mol. The molecule has 144 valence electrons. The van der Waals surface area contributed by atoms with Crippen LogP contribution in [-0.2, 0) is 11.2 Å². The highest BCUT2D eigenvalue weighted by Gasteiger charge is 2.26. The number of hydrogen-bond acceptors (Lipinski definition) is 7. The smallest absolute Gasteiger partial charge is 0.238 e. The van der Waals surface area contributed by atoms with Gasteiger partial charge in [-0.1, -0.05) is 34.6 Å². The molecule has 0 radical (unpaired) electrons. The molecule has 3 heterocycles. The molecule has 1 aliphatic rings. The summed E-state index contributed by atoms with van der Waals surface area (Å²) >= 11 is 7.73. The zero-order valence-corrected chi connectivity index (χ0v) is 16.7. The highest BCUT2D eigenvalue weighted by Crippen LogP contribution is 2.29. The van der Waals surface area contributed by atoms with E-state index in [-0.39, 0.29) is 12.3 Å². The number of furan rings is 1. The second-order valence-electron chi connectivity index (χ2n) is 6.16. The van der Waals surface area contributed by atoms with Crippen LogP contribution >= 0.6 is 23.4 Å². The monoisotopic (exact) mass is 416 g/mol. The number of carbonyl (C=O) groups is 1. The molecule has 3 aromatic rings.